The zero-order valence-electron chi connectivity index (χ0n) is 5.98. The van der Waals surface area contributed by atoms with E-state index in [-0.39, 0.29) is 13.0 Å². The minimum absolute atomic E-state index is 0.0815. The molecule has 0 aromatic rings. The summed E-state index contributed by atoms with van der Waals surface area (Å²) in [6, 6.07) is 0. The number of hydrogen-bond acceptors (Lipinski definition) is 4. The lowest BCUT2D eigenvalue weighted by Gasteiger charge is -1.95. The Labute approximate surface area is 69.7 Å². The molecule has 0 aromatic heterocycles. The molecule has 0 saturated heterocycles. The number of rotatable bonds is 4. The van der Waals surface area contributed by atoms with Crippen LogP contribution in [-0.2, 0) is 19.9 Å². The number of aliphatic carboxylic acids is 1. The molecule has 0 saturated carbocycles. The summed E-state index contributed by atoms with van der Waals surface area (Å²) < 4.78 is 19.7. The average Bonchev–Trinajstić information content (AvgIpc) is 1.84. The highest BCUT2D eigenvalue weighted by molar-refractivity contribution is 7.73. The van der Waals surface area contributed by atoms with Gasteiger partial charge in [-0.2, -0.15) is 8.42 Å². The predicted molar refractivity (Wildman–Crippen MR) is 40.2 cm³/mol. The van der Waals surface area contributed by atoms with Gasteiger partial charge in [0, 0.05) is 6.54 Å². The fourth-order valence-corrected chi connectivity index (χ4v) is 0.680. The van der Waals surface area contributed by atoms with Crippen molar-refractivity contribution in [2.45, 2.75) is 6.42 Å². The third-order valence-corrected chi connectivity index (χ3v) is 1.25. The van der Waals surface area contributed by atoms with E-state index < -0.39 is 22.2 Å². The Kier molecular flexibility index (Phi) is 4.70. The Bertz CT molecular complexity index is 296. The van der Waals surface area contributed by atoms with Crippen LogP contribution in [0.1, 0.15) is 6.42 Å². The zero-order chi connectivity index (χ0) is 9.56. The van der Waals surface area contributed by atoms with E-state index in [1.807, 2.05) is 0 Å². The Hall–Kier alpha value is -1.37. The maximum Gasteiger partial charge on any atom is 0.305 e. The molecular formula is C5H7NO5S. The van der Waals surface area contributed by atoms with Crippen LogP contribution in [0.3, 0.4) is 0 Å². The summed E-state index contributed by atoms with van der Waals surface area (Å²) in [6.07, 6.45) is -0.231. The molecule has 0 atom stereocenters. The molecule has 0 aliphatic rings. The van der Waals surface area contributed by atoms with Gasteiger partial charge in [-0.3, -0.25) is 9.59 Å². The highest BCUT2D eigenvalue weighted by Crippen LogP contribution is 1.73. The van der Waals surface area contributed by atoms with Gasteiger partial charge in [0.25, 0.3) is 5.91 Å². The van der Waals surface area contributed by atoms with E-state index in [0.29, 0.717) is 5.37 Å². The normalized spacial score (nSPS) is 8.67. The van der Waals surface area contributed by atoms with Gasteiger partial charge >= 0.3 is 5.97 Å². The highest BCUT2D eigenvalue weighted by Gasteiger charge is 1.98. The lowest BCUT2D eigenvalue weighted by Crippen LogP contribution is -2.26. The Morgan fingerprint density at radius 2 is 2.00 bits per heavy atom. The van der Waals surface area contributed by atoms with Crippen LogP contribution in [0.15, 0.2) is 0 Å². The number of nitrogens with one attached hydrogen (secondary N) is 1. The second-order valence-electron chi connectivity index (χ2n) is 1.81. The largest absolute Gasteiger partial charge is 0.481 e. The Balaban J connectivity index is 3.74. The third kappa shape index (κ3) is 6.75. The molecule has 2 N–H and O–H groups in total. The van der Waals surface area contributed by atoms with Gasteiger partial charge in [-0.15, -0.1) is 0 Å². The first-order valence-electron chi connectivity index (χ1n) is 2.95. The molecule has 68 valence electrons. The average molecular weight is 193 g/mol. The predicted octanol–water partition coefficient (Wildman–Crippen LogP) is -1.74. The van der Waals surface area contributed by atoms with Crippen molar-refractivity contribution in [2.75, 3.05) is 6.54 Å². The van der Waals surface area contributed by atoms with Crippen LogP contribution < -0.4 is 5.32 Å². The van der Waals surface area contributed by atoms with Gasteiger partial charge in [0.15, 0.2) is 0 Å². The van der Waals surface area contributed by atoms with Crippen LogP contribution in [0.4, 0.5) is 0 Å². The molecular weight excluding hydrogens is 186 g/mol. The second-order valence-corrected chi connectivity index (χ2v) is 2.57. The quantitative estimate of drug-likeness (QED) is 0.516. The van der Waals surface area contributed by atoms with E-state index in [1.54, 1.807) is 0 Å². The lowest BCUT2D eigenvalue weighted by molar-refractivity contribution is -0.136. The number of carbonyl (C=O) groups excluding carboxylic acids is 1. The summed E-state index contributed by atoms with van der Waals surface area (Å²) >= 11 is 0. The van der Waals surface area contributed by atoms with Crippen LogP contribution >= 0.6 is 0 Å². The van der Waals surface area contributed by atoms with Gasteiger partial charge in [-0.25, -0.2) is 0 Å². The highest BCUT2D eigenvalue weighted by atomic mass is 32.2. The van der Waals surface area contributed by atoms with E-state index in [1.165, 1.54) is 0 Å². The molecule has 0 aromatic carbocycles. The standard InChI is InChI=1S/C5H7NO5S/c7-4(3-12(10)11)6-2-1-5(8)9/h3H,1-2H2,(H,6,7)(H,8,9). The summed E-state index contributed by atoms with van der Waals surface area (Å²) in [5, 5.41) is 10.6. The number of carbonyl (C=O) groups is 2. The molecule has 1 amide bonds. The van der Waals surface area contributed by atoms with Gasteiger partial charge in [-0.1, -0.05) is 0 Å². The van der Waals surface area contributed by atoms with Crippen molar-refractivity contribution in [3.05, 3.63) is 0 Å². The van der Waals surface area contributed by atoms with E-state index in [0.717, 1.165) is 0 Å². The summed E-state index contributed by atoms with van der Waals surface area (Å²) in [4.78, 5) is 20.4. The number of amides is 1. The summed E-state index contributed by atoms with van der Waals surface area (Å²) in [5.74, 6) is -1.87. The van der Waals surface area contributed by atoms with Crippen molar-refractivity contribution in [3.8, 4) is 0 Å². The van der Waals surface area contributed by atoms with Gasteiger partial charge in [-0.05, 0) is 0 Å². The van der Waals surface area contributed by atoms with Gasteiger partial charge in [0.2, 0.25) is 10.3 Å². The monoisotopic (exact) mass is 193 g/mol. The molecule has 0 bridgehead atoms. The minimum Gasteiger partial charge on any atom is -0.481 e. The molecule has 0 fully saturated rings. The molecule has 12 heavy (non-hydrogen) atoms. The number of hydrogen-bond donors (Lipinski definition) is 2. The molecule has 0 aliphatic heterocycles. The van der Waals surface area contributed by atoms with Crippen molar-refractivity contribution in [2.24, 2.45) is 0 Å². The van der Waals surface area contributed by atoms with Crippen LogP contribution in [-0.4, -0.2) is 37.3 Å². The molecule has 0 radical (unpaired) electrons. The first-order chi connectivity index (χ1) is 5.52. The van der Waals surface area contributed by atoms with Crippen LogP contribution in [0.2, 0.25) is 0 Å². The summed E-state index contributed by atoms with van der Waals surface area (Å²) in [7, 11) is -2.54. The number of carboxylic acids is 1. The number of carboxylic acid groups (broad SMARTS) is 1. The van der Waals surface area contributed by atoms with E-state index in [9.17, 15) is 18.0 Å². The van der Waals surface area contributed by atoms with Gasteiger partial charge in [0.1, 0.15) is 5.37 Å². The second kappa shape index (κ2) is 5.30. The first-order valence-corrected chi connectivity index (χ1v) is 4.08. The maximum absolute atomic E-state index is 10.5. The van der Waals surface area contributed by atoms with Crippen LogP contribution in [0.25, 0.3) is 0 Å². The van der Waals surface area contributed by atoms with E-state index in [2.05, 4.69) is 5.32 Å². The van der Waals surface area contributed by atoms with E-state index in [4.69, 9.17) is 5.11 Å². The summed E-state index contributed by atoms with van der Waals surface area (Å²) in [5.41, 5.74) is 0. The Morgan fingerprint density at radius 1 is 1.42 bits per heavy atom. The topological polar surface area (TPSA) is 101 Å². The molecule has 0 aliphatic carbocycles. The molecule has 0 heterocycles. The van der Waals surface area contributed by atoms with Crippen molar-refractivity contribution in [1.82, 2.24) is 5.32 Å². The molecule has 0 rings (SSSR count). The minimum atomic E-state index is -2.54. The molecule has 6 nitrogen and oxygen atoms in total. The molecule has 7 heteroatoms. The van der Waals surface area contributed by atoms with E-state index >= 15 is 0 Å². The lowest BCUT2D eigenvalue weighted by atomic mass is 10.4. The SMILES string of the molecule is O=C(O)CCNC(=O)C=S(=O)=O. The zero-order valence-corrected chi connectivity index (χ0v) is 6.80. The van der Waals surface area contributed by atoms with Crippen molar-refractivity contribution >= 4 is 27.5 Å². The fraction of sp³-hybridized carbons (Fsp3) is 0.400. The molecule has 0 unspecified atom stereocenters. The summed E-state index contributed by atoms with van der Waals surface area (Å²) in [6.45, 7) is -0.0815. The maximum atomic E-state index is 10.5. The third-order valence-electron chi connectivity index (χ3n) is 0.841. The van der Waals surface area contributed by atoms with Crippen LogP contribution in [0.5, 0.6) is 0 Å². The van der Waals surface area contributed by atoms with Crippen molar-refractivity contribution in [1.29, 1.82) is 0 Å². The van der Waals surface area contributed by atoms with Crippen LogP contribution in [0, 0.1) is 0 Å². The first kappa shape index (κ1) is 10.6. The van der Waals surface area contributed by atoms with Gasteiger partial charge < -0.3 is 10.4 Å². The fourth-order valence-electron chi connectivity index (χ4n) is 0.422. The Morgan fingerprint density at radius 3 is 2.42 bits per heavy atom. The van der Waals surface area contributed by atoms with Crippen molar-refractivity contribution in [3.63, 3.8) is 0 Å². The smallest absolute Gasteiger partial charge is 0.305 e. The van der Waals surface area contributed by atoms with Gasteiger partial charge in [0.05, 0.1) is 6.42 Å². The van der Waals surface area contributed by atoms with Crippen molar-refractivity contribution < 1.29 is 23.1 Å². The molecule has 0 spiro atoms.